The lowest BCUT2D eigenvalue weighted by atomic mass is 9.88. The molecule has 2 rings (SSSR count). The van der Waals surface area contributed by atoms with Gasteiger partial charge in [0.2, 0.25) is 0 Å². The van der Waals surface area contributed by atoms with E-state index in [1.807, 2.05) is 6.07 Å². The number of aromatic nitrogens is 1. The van der Waals surface area contributed by atoms with Gasteiger partial charge >= 0.3 is 0 Å². The van der Waals surface area contributed by atoms with Crippen molar-refractivity contribution in [2.45, 2.75) is 33.2 Å². The summed E-state index contributed by atoms with van der Waals surface area (Å²) in [7, 11) is 0. The molecule has 0 unspecified atom stereocenters. The zero-order chi connectivity index (χ0) is 13.7. The number of hydrogen-bond acceptors (Lipinski definition) is 2. The van der Waals surface area contributed by atoms with E-state index in [0.717, 1.165) is 25.9 Å². The summed E-state index contributed by atoms with van der Waals surface area (Å²) >= 11 is 0. The lowest BCUT2D eigenvalue weighted by Gasteiger charge is -2.24. The summed E-state index contributed by atoms with van der Waals surface area (Å²) in [5.74, 6) is 0. The van der Waals surface area contributed by atoms with Crippen molar-refractivity contribution in [2.24, 2.45) is 5.41 Å². The van der Waals surface area contributed by atoms with Crippen LogP contribution in [0.1, 0.15) is 32.3 Å². The van der Waals surface area contributed by atoms with Crippen LogP contribution in [0.25, 0.3) is 10.9 Å². The SMILES string of the molecule is CC(C)(CCCO)CNCc1c[nH]c2ccccc12. The molecule has 0 saturated heterocycles. The Morgan fingerprint density at radius 2 is 2.05 bits per heavy atom. The van der Waals surface area contributed by atoms with Crippen molar-refractivity contribution in [2.75, 3.05) is 13.2 Å². The minimum absolute atomic E-state index is 0.231. The maximum atomic E-state index is 8.90. The molecule has 0 amide bonds. The number of para-hydroxylation sites is 1. The summed E-state index contributed by atoms with van der Waals surface area (Å²) in [6.45, 7) is 6.61. The van der Waals surface area contributed by atoms with Gasteiger partial charge in [0, 0.05) is 36.8 Å². The first-order valence-corrected chi connectivity index (χ1v) is 6.99. The van der Waals surface area contributed by atoms with Crippen LogP contribution < -0.4 is 5.32 Å². The zero-order valence-corrected chi connectivity index (χ0v) is 11.9. The fourth-order valence-corrected chi connectivity index (χ4v) is 2.46. The molecule has 0 radical (unpaired) electrons. The molecule has 0 aliphatic carbocycles. The fourth-order valence-electron chi connectivity index (χ4n) is 2.46. The number of fused-ring (bicyclic) bond motifs is 1. The highest BCUT2D eigenvalue weighted by Crippen LogP contribution is 2.22. The van der Waals surface area contributed by atoms with Crippen LogP contribution in [-0.2, 0) is 6.54 Å². The molecule has 0 saturated carbocycles. The molecular weight excluding hydrogens is 236 g/mol. The molecule has 2 aromatic rings. The average Bonchev–Trinajstić information content (AvgIpc) is 2.80. The average molecular weight is 260 g/mol. The van der Waals surface area contributed by atoms with Crippen LogP contribution in [0, 0.1) is 5.41 Å². The third-order valence-electron chi connectivity index (χ3n) is 3.61. The molecular formula is C16H24N2O. The first-order chi connectivity index (χ1) is 9.12. The van der Waals surface area contributed by atoms with Gasteiger partial charge in [-0.05, 0) is 29.9 Å². The summed E-state index contributed by atoms with van der Waals surface area (Å²) < 4.78 is 0. The molecule has 3 nitrogen and oxygen atoms in total. The van der Waals surface area contributed by atoms with E-state index in [4.69, 9.17) is 5.11 Å². The minimum atomic E-state index is 0.231. The largest absolute Gasteiger partial charge is 0.396 e. The maximum absolute atomic E-state index is 8.90. The monoisotopic (exact) mass is 260 g/mol. The second-order valence-corrected chi connectivity index (χ2v) is 5.95. The van der Waals surface area contributed by atoms with Crippen LogP contribution in [0.4, 0.5) is 0 Å². The topological polar surface area (TPSA) is 48.0 Å². The van der Waals surface area contributed by atoms with Gasteiger partial charge in [-0.15, -0.1) is 0 Å². The van der Waals surface area contributed by atoms with E-state index in [9.17, 15) is 0 Å². The van der Waals surface area contributed by atoms with Crippen molar-refractivity contribution < 1.29 is 5.11 Å². The summed E-state index contributed by atoms with van der Waals surface area (Å²) in [6.07, 6.45) is 4.00. The van der Waals surface area contributed by atoms with E-state index in [1.165, 1.54) is 16.5 Å². The van der Waals surface area contributed by atoms with Gasteiger partial charge in [-0.1, -0.05) is 32.0 Å². The highest BCUT2D eigenvalue weighted by molar-refractivity contribution is 5.82. The van der Waals surface area contributed by atoms with Gasteiger partial charge in [0.25, 0.3) is 0 Å². The van der Waals surface area contributed by atoms with Crippen molar-refractivity contribution in [3.63, 3.8) is 0 Å². The Morgan fingerprint density at radius 1 is 1.26 bits per heavy atom. The number of nitrogens with one attached hydrogen (secondary N) is 2. The number of aliphatic hydroxyl groups is 1. The summed E-state index contributed by atoms with van der Waals surface area (Å²) in [5.41, 5.74) is 2.74. The van der Waals surface area contributed by atoms with Crippen LogP contribution in [-0.4, -0.2) is 23.2 Å². The van der Waals surface area contributed by atoms with Crippen LogP contribution >= 0.6 is 0 Å². The van der Waals surface area contributed by atoms with Gasteiger partial charge in [-0.25, -0.2) is 0 Å². The van der Waals surface area contributed by atoms with Crippen LogP contribution in [0.2, 0.25) is 0 Å². The minimum Gasteiger partial charge on any atom is -0.396 e. The van der Waals surface area contributed by atoms with E-state index in [0.29, 0.717) is 0 Å². The first kappa shape index (κ1) is 14.1. The number of aromatic amines is 1. The Labute approximate surface area is 115 Å². The maximum Gasteiger partial charge on any atom is 0.0457 e. The third-order valence-corrected chi connectivity index (χ3v) is 3.61. The fraction of sp³-hybridized carbons (Fsp3) is 0.500. The van der Waals surface area contributed by atoms with Gasteiger partial charge in [-0.2, -0.15) is 0 Å². The molecule has 0 atom stereocenters. The van der Waals surface area contributed by atoms with Crippen molar-refractivity contribution in [1.82, 2.24) is 10.3 Å². The molecule has 1 aromatic carbocycles. The van der Waals surface area contributed by atoms with Crippen LogP contribution in [0.3, 0.4) is 0 Å². The lowest BCUT2D eigenvalue weighted by Crippen LogP contribution is -2.29. The molecule has 1 heterocycles. The number of hydrogen-bond donors (Lipinski definition) is 3. The van der Waals surface area contributed by atoms with Gasteiger partial charge in [0.05, 0.1) is 0 Å². The highest BCUT2D eigenvalue weighted by atomic mass is 16.2. The smallest absolute Gasteiger partial charge is 0.0457 e. The molecule has 3 N–H and O–H groups in total. The normalized spacial score (nSPS) is 12.2. The Bertz CT molecular complexity index is 516. The third kappa shape index (κ3) is 3.82. The molecule has 0 spiro atoms. The number of aliphatic hydroxyl groups excluding tert-OH is 1. The number of benzene rings is 1. The quantitative estimate of drug-likeness (QED) is 0.716. The predicted molar refractivity (Wildman–Crippen MR) is 80.1 cm³/mol. The zero-order valence-electron chi connectivity index (χ0n) is 11.9. The first-order valence-electron chi connectivity index (χ1n) is 6.99. The Hall–Kier alpha value is -1.32. The number of H-pyrrole nitrogens is 1. The van der Waals surface area contributed by atoms with Crippen LogP contribution in [0.15, 0.2) is 30.5 Å². The summed E-state index contributed by atoms with van der Waals surface area (Å²) in [6, 6.07) is 8.38. The second kappa shape index (κ2) is 6.22. The second-order valence-electron chi connectivity index (χ2n) is 5.95. The van der Waals surface area contributed by atoms with E-state index >= 15 is 0 Å². The molecule has 0 aliphatic heterocycles. The van der Waals surface area contributed by atoms with E-state index in [-0.39, 0.29) is 12.0 Å². The Morgan fingerprint density at radius 3 is 2.84 bits per heavy atom. The highest BCUT2D eigenvalue weighted by Gasteiger charge is 2.16. The Balaban J connectivity index is 1.89. The van der Waals surface area contributed by atoms with Gasteiger partial charge in [0.1, 0.15) is 0 Å². The number of rotatable bonds is 7. The molecule has 1 aromatic heterocycles. The van der Waals surface area contributed by atoms with E-state index < -0.39 is 0 Å². The van der Waals surface area contributed by atoms with E-state index in [2.05, 4.69) is 48.5 Å². The van der Waals surface area contributed by atoms with Crippen molar-refractivity contribution in [1.29, 1.82) is 0 Å². The standard InChI is InChI=1S/C16H24N2O/c1-16(2,8-5-9-19)12-17-10-13-11-18-15-7-4-3-6-14(13)15/h3-4,6-7,11,17-19H,5,8-10,12H2,1-2H3. The molecule has 0 bridgehead atoms. The molecule has 104 valence electrons. The predicted octanol–water partition coefficient (Wildman–Crippen LogP) is 3.06. The van der Waals surface area contributed by atoms with E-state index in [1.54, 1.807) is 0 Å². The van der Waals surface area contributed by atoms with Crippen molar-refractivity contribution >= 4 is 10.9 Å². The molecule has 0 aliphatic rings. The molecule has 3 heteroatoms. The molecule has 0 fully saturated rings. The van der Waals surface area contributed by atoms with Crippen molar-refractivity contribution in [3.8, 4) is 0 Å². The van der Waals surface area contributed by atoms with Gasteiger partial charge in [-0.3, -0.25) is 0 Å². The van der Waals surface area contributed by atoms with Gasteiger partial charge in [0.15, 0.2) is 0 Å². The summed E-state index contributed by atoms with van der Waals surface area (Å²) in [5, 5.41) is 13.7. The Kier molecular flexibility index (Phi) is 4.61. The van der Waals surface area contributed by atoms with Crippen molar-refractivity contribution in [3.05, 3.63) is 36.0 Å². The molecule has 19 heavy (non-hydrogen) atoms. The van der Waals surface area contributed by atoms with Crippen LogP contribution in [0.5, 0.6) is 0 Å². The van der Waals surface area contributed by atoms with Gasteiger partial charge < -0.3 is 15.4 Å². The lowest BCUT2D eigenvalue weighted by molar-refractivity contribution is 0.236. The summed E-state index contributed by atoms with van der Waals surface area (Å²) in [4.78, 5) is 3.30.